The molecule has 0 spiro atoms. The molecule has 0 radical (unpaired) electrons. The van der Waals surface area contributed by atoms with Gasteiger partial charge in [0.1, 0.15) is 0 Å². The maximum Gasteiger partial charge on any atom is 0.322 e. The summed E-state index contributed by atoms with van der Waals surface area (Å²) in [6, 6.07) is 0.133. The monoisotopic (exact) mass is 594 g/mol. The minimum Gasteiger partial charge on any atom is -0.367 e. The van der Waals surface area contributed by atoms with Gasteiger partial charge in [-0.15, -0.1) is 10.1 Å². The Morgan fingerprint density at radius 2 is 0.810 bits per heavy atom. The number of rotatable bonds is 11. The highest BCUT2D eigenvalue weighted by Gasteiger charge is 2.51. The molecule has 0 unspecified atom stereocenters. The van der Waals surface area contributed by atoms with Crippen molar-refractivity contribution in [3.8, 4) is 0 Å². The van der Waals surface area contributed by atoms with Gasteiger partial charge in [-0.3, -0.25) is 19.2 Å². The fourth-order valence-electron chi connectivity index (χ4n) is 7.73. The van der Waals surface area contributed by atoms with E-state index in [0.29, 0.717) is 13.1 Å². The molecule has 242 valence electrons. The molecule has 0 aliphatic carbocycles. The zero-order valence-electron chi connectivity index (χ0n) is 28.5. The Labute approximate surface area is 254 Å². The first kappa shape index (κ1) is 36.0. The van der Waals surface area contributed by atoms with Crippen LogP contribution < -0.4 is 0 Å². The van der Waals surface area contributed by atoms with Gasteiger partial charge in [-0.25, -0.2) is 0 Å². The van der Waals surface area contributed by atoms with Crippen molar-refractivity contribution < 1.29 is 28.9 Å². The molecule has 2 amide bonds. The van der Waals surface area contributed by atoms with Crippen LogP contribution in [0, 0.1) is 0 Å². The molecule has 0 aromatic carbocycles. The molecule has 2 saturated heterocycles. The van der Waals surface area contributed by atoms with Crippen LogP contribution in [0.1, 0.15) is 134 Å². The summed E-state index contributed by atoms with van der Waals surface area (Å²) < 4.78 is 0. The Bertz CT molecular complexity index is 877. The quantitative estimate of drug-likeness (QED) is 0.300. The third-order valence-corrected chi connectivity index (χ3v) is 8.82. The fraction of sp³-hybridized carbons (Fsp3) is 0.875. The number of hydrogen-bond donors (Lipinski definition) is 0. The van der Waals surface area contributed by atoms with Crippen LogP contribution in [0.4, 0.5) is 0 Å². The van der Waals surface area contributed by atoms with Crippen LogP contribution in [0.15, 0.2) is 0 Å². The largest absolute Gasteiger partial charge is 0.367 e. The number of amides is 2. The molecule has 0 aromatic rings. The zero-order chi connectivity index (χ0) is 32.3. The molecule has 2 aliphatic rings. The van der Waals surface area contributed by atoms with Gasteiger partial charge in [0.25, 0.3) is 0 Å². The zero-order valence-corrected chi connectivity index (χ0v) is 28.5. The van der Waals surface area contributed by atoms with Gasteiger partial charge in [-0.05, 0) is 93.9 Å². The second kappa shape index (κ2) is 13.6. The number of hydroxylamine groups is 4. The Morgan fingerprint density at radius 3 is 1.02 bits per heavy atom. The lowest BCUT2D eigenvalue weighted by atomic mass is 9.78. The maximum absolute atomic E-state index is 12.7. The SMILES string of the molecule is CC(=O)ON1C(C)(C)CC(N(CCCCCCN(C(C)=O)C2CC(C)(C)N(OC(C)=O)C(C)(C)C2)C(C)=O)CC1(C)C. The van der Waals surface area contributed by atoms with Gasteiger partial charge in [-0.2, -0.15) is 0 Å². The van der Waals surface area contributed by atoms with E-state index < -0.39 is 22.2 Å². The van der Waals surface area contributed by atoms with Crippen molar-refractivity contribution in [2.24, 2.45) is 0 Å². The number of hydrogen-bond acceptors (Lipinski definition) is 8. The molecule has 0 aromatic heterocycles. The molecule has 42 heavy (non-hydrogen) atoms. The normalized spacial score (nSPS) is 22.3. The van der Waals surface area contributed by atoms with Crippen LogP contribution in [0.25, 0.3) is 0 Å². The first-order chi connectivity index (χ1) is 19.1. The minimum absolute atomic E-state index is 0.0667. The second-order valence-corrected chi connectivity index (χ2v) is 15.0. The minimum atomic E-state index is -0.403. The first-order valence-corrected chi connectivity index (χ1v) is 15.6. The van der Waals surface area contributed by atoms with Crippen LogP contribution in [0.5, 0.6) is 0 Å². The summed E-state index contributed by atoms with van der Waals surface area (Å²) in [5.74, 6) is -0.524. The van der Waals surface area contributed by atoms with Crippen molar-refractivity contribution >= 4 is 23.8 Å². The summed E-state index contributed by atoms with van der Waals surface area (Å²) in [4.78, 5) is 64.1. The smallest absolute Gasteiger partial charge is 0.322 e. The van der Waals surface area contributed by atoms with Crippen molar-refractivity contribution in [3.63, 3.8) is 0 Å². The topological polar surface area (TPSA) is 99.7 Å². The van der Waals surface area contributed by atoms with E-state index in [9.17, 15) is 19.2 Å². The molecular formula is C32H58N4O6. The number of unbranched alkanes of at least 4 members (excludes halogenated alkanes) is 3. The molecule has 0 N–H and O–H groups in total. The van der Waals surface area contributed by atoms with Crippen molar-refractivity contribution in [2.75, 3.05) is 13.1 Å². The highest BCUT2D eigenvalue weighted by atomic mass is 16.7. The van der Waals surface area contributed by atoms with E-state index in [1.54, 1.807) is 24.0 Å². The molecule has 0 bridgehead atoms. The van der Waals surface area contributed by atoms with Crippen LogP contribution in [0.3, 0.4) is 0 Å². The molecule has 0 atom stereocenters. The molecule has 2 fully saturated rings. The van der Waals surface area contributed by atoms with Gasteiger partial charge in [0.15, 0.2) is 0 Å². The second-order valence-electron chi connectivity index (χ2n) is 15.0. The molecule has 2 aliphatic heterocycles. The van der Waals surface area contributed by atoms with Gasteiger partial charge >= 0.3 is 11.9 Å². The molecule has 2 rings (SSSR count). The predicted molar refractivity (Wildman–Crippen MR) is 163 cm³/mol. The third kappa shape index (κ3) is 9.15. The van der Waals surface area contributed by atoms with Gasteiger partial charge < -0.3 is 19.5 Å². The van der Waals surface area contributed by atoms with E-state index in [0.717, 1.165) is 51.4 Å². The molecule has 2 heterocycles. The molecule has 10 heteroatoms. The van der Waals surface area contributed by atoms with Crippen LogP contribution >= 0.6 is 0 Å². The standard InChI is InChI=1S/C32H58N4O6/c1-23(37)33(27-19-29(5,6)35(41-25(3)39)30(7,8)20-27)17-15-13-14-16-18-34(24(2)38)28-21-31(9,10)36(42-26(4)40)32(11,12)22-28/h27-28H,13-22H2,1-12H3. The molecular weight excluding hydrogens is 536 g/mol. The molecule has 0 saturated carbocycles. The van der Waals surface area contributed by atoms with Gasteiger partial charge in [0, 0.05) is 52.9 Å². The Hall–Kier alpha value is -2.20. The van der Waals surface area contributed by atoms with Crippen molar-refractivity contribution in [1.82, 2.24) is 19.9 Å². The van der Waals surface area contributed by atoms with E-state index >= 15 is 0 Å². The highest BCUT2D eigenvalue weighted by molar-refractivity contribution is 5.74. The average molecular weight is 595 g/mol. The maximum atomic E-state index is 12.7. The summed E-state index contributed by atoms with van der Waals surface area (Å²) in [6.45, 7) is 24.0. The van der Waals surface area contributed by atoms with Crippen molar-refractivity contribution in [1.29, 1.82) is 0 Å². The summed E-state index contributed by atoms with van der Waals surface area (Å²) in [6.07, 6.45) is 6.61. The number of carbonyl (C=O) groups excluding carboxylic acids is 4. The summed E-state index contributed by atoms with van der Waals surface area (Å²) in [5.41, 5.74) is -1.61. The third-order valence-electron chi connectivity index (χ3n) is 8.82. The lowest BCUT2D eigenvalue weighted by Gasteiger charge is -2.54. The number of nitrogens with zero attached hydrogens (tertiary/aromatic N) is 4. The van der Waals surface area contributed by atoms with E-state index in [4.69, 9.17) is 9.68 Å². The predicted octanol–water partition coefficient (Wildman–Crippen LogP) is 5.24. The van der Waals surface area contributed by atoms with E-state index in [-0.39, 0.29) is 35.8 Å². The summed E-state index contributed by atoms with van der Waals surface area (Å²) >= 11 is 0. The van der Waals surface area contributed by atoms with Gasteiger partial charge in [0.05, 0.1) is 22.2 Å². The fourth-order valence-corrected chi connectivity index (χ4v) is 7.73. The lowest BCUT2D eigenvalue weighted by molar-refractivity contribution is -0.270. The molecule has 10 nitrogen and oxygen atoms in total. The summed E-state index contributed by atoms with van der Waals surface area (Å²) in [7, 11) is 0. The van der Waals surface area contributed by atoms with Crippen molar-refractivity contribution in [3.05, 3.63) is 0 Å². The number of piperidine rings is 2. The Balaban J connectivity index is 1.94. The van der Waals surface area contributed by atoms with Crippen LogP contribution in [-0.2, 0) is 28.9 Å². The van der Waals surface area contributed by atoms with E-state index in [2.05, 4.69) is 55.4 Å². The van der Waals surface area contributed by atoms with Crippen LogP contribution in [-0.4, -0.2) is 91.0 Å². The van der Waals surface area contributed by atoms with Crippen LogP contribution in [0.2, 0.25) is 0 Å². The van der Waals surface area contributed by atoms with Gasteiger partial charge in [0.2, 0.25) is 11.8 Å². The highest BCUT2D eigenvalue weighted by Crippen LogP contribution is 2.42. The number of carbonyl (C=O) groups is 4. The first-order valence-electron chi connectivity index (χ1n) is 15.6. The lowest BCUT2D eigenvalue weighted by Crippen LogP contribution is -2.64. The summed E-state index contributed by atoms with van der Waals surface area (Å²) in [5, 5.41) is 3.61. The average Bonchev–Trinajstić information content (AvgIpc) is 2.78. The van der Waals surface area contributed by atoms with Gasteiger partial charge in [-0.1, -0.05) is 12.8 Å². The van der Waals surface area contributed by atoms with Crippen molar-refractivity contribution in [2.45, 2.75) is 169 Å². The Kier molecular flexibility index (Phi) is 11.7. The van der Waals surface area contributed by atoms with E-state index in [1.165, 1.54) is 13.8 Å². The van der Waals surface area contributed by atoms with E-state index in [1.807, 2.05) is 9.80 Å². The Morgan fingerprint density at radius 1 is 0.548 bits per heavy atom.